The molecule has 1 heterocycles. The van der Waals surface area contributed by atoms with Gasteiger partial charge in [0.15, 0.2) is 0 Å². The lowest BCUT2D eigenvalue weighted by atomic mass is 10.1. The Hall–Kier alpha value is -1.35. The molecule has 17 heavy (non-hydrogen) atoms. The topological polar surface area (TPSA) is 27.1 Å². The van der Waals surface area contributed by atoms with Crippen molar-refractivity contribution in [3.05, 3.63) is 29.6 Å². The second kappa shape index (κ2) is 4.88. The number of aromatic nitrogens is 2. The molecule has 92 valence electrons. The lowest BCUT2D eigenvalue weighted by molar-refractivity contribution is 0.0733. The fourth-order valence-electron chi connectivity index (χ4n) is 1.88. The lowest BCUT2D eigenvalue weighted by Crippen LogP contribution is -2.09. The first-order valence-electron chi connectivity index (χ1n) is 6.11. The summed E-state index contributed by atoms with van der Waals surface area (Å²) in [7, 11) is 0. The summed E-state index contributed by atoms with van der Waals surface area (Å²) in [5, 5.41) is 0. The van der Waals surface area contributed by atoms with Crippen molar-refractivity contribution >= 4 is 11.0 Å². The normalized spacial score (nSPS) is 11.6. The van der Waals surface area contributed by atoms with Crippen molar-refractivity contribution in [2.45, 2.75) is 40.3 Å². The van der Waals surface area contributed by atoms with Crippen LogP contribution in [0, 0.1) is 13.8 Å². The van der Waals surface area contributed by atoms with Crippen molar-refractivity contribution in [3.8, 4) is 0 Å². The van der Waals surface area contributed by atoms with Gasteiger partial charge in [0.25, 0.3) is 0 Å². The molecule has 3 nitrogen and oxygen atoms in total. The van der Waals surface area contributed by atoms with Gasteiger partial charge in [0.2, 0.25) is 0 Å². The van der Waals surface area contributed by atoms with Crippen molar-refractivity contribution < 1.29 is 4.74 Å². The summed E-state index contributed by atoms with van der Waals surface area (Å²) in [4.78, 5) is 4.43. The molecule has 0 aliphatic carbocycles. The molecule has 0 spiro atoms. The first-order valence-corrected chi connectivity index (χ1v) is 6.11. The van der Waals surface area contributed by atoms with Crippen LogP contribution < -0.4 is 0 Å². The third kappa shape index (κ3) is 2.67. The molecule has 2 rings (SSSR count). The number of benzene rings is 1. The molecule has 0 aliphatic rings. The van der Waals surface area contributed by atoms with Crippen molar-refractivity contribution in [1.29, 1.82) is 0 Å². The molecular weight excluding hydrogens is 212 g/mol. The van der Waals surface area contributed by atoms with Gasteiger partial charge in [-0.05, 0) is 51.0 Å². The van der Waals surface area contributed by atoms with E-state index in [0.29, 0.717) is 0 Å². The quantitative estimate of drug-likeness (QED) is 0.810. The smallest absolute Gasteiger partial charge is 0.0959 e. The van der Waals surface area contributed by atoms with Crippen LogP contribution in [0.1, 0.15) is 25.0 Å². The van der Waals surface area contributed by atoms with Crippen LogP contribution in [-0.2, 0) is 11.3 Å². The molecular formula is C14H20N2O. The maximum Gasteiger partial charge on any atom is 0.0959 e. The first-order chi connectivity index (χ1) is 8.08. The van der Waals surface area contributed by atoms with Crippen LogP contribution in [0.3, 0.4) is 0 Å². The van der Waals surface area contributed by atoms with E-state index < -0.39 is 0 Å². The molecule has 2 aromatic rings. The first kappa shape index (κ1) is 12.1. The van der Waals surface area contributed by atoms with E-state index in [2.05, 4.69) is 49.4 Å². The van der Waals surface area contributed by atoms with Crippen LogP contribution in [0.2, 0.25) is 0 Å². The Morgan fingerprint density at radius 2 is 1.94 bits per heavy atom. The molecule has 0 unspecified atom stereocenters. The van der Waals surface area contributed by atoms with Crippen LogP contribution >= 0.6 is 0 Å². The van der Waals surface area contributed by atoms with Crippen LogP contribution in [-0.4, -0.2) is 22.3 Å². The third-order valence-electron chi connectivity index (χ3n) is 3.02. The highest BCUT2D eigenvalue weighted by atomic mass is 16.5. The van der Waals surface area contributed by atoms with Crippen molar-refractivity contribution in [2.24, 2.45) is 0 Å². The van der Waals surface area contributed by atoms with Gasteiger partial charge >= 0.3 is 0 Å². The van der Waals surface area contributed by atoms with Gasteiger partial charge in [-0.25, -0.2) is 4.98 Å². The highest BCUT2D eigenvalue weighted by Crippen LogP contribution is 2.18. The van der Waals surface area contributed by atoms with Crippen LogP contribution in [0.25, 0.3) is 11.0 Å². The van der Waals surface area contributed by atoms with Gasteiger partial charge in [0.05, 0.1) is 30.1 Å². The standard InChI is InChI=1S/C14H20N2O/c1-10(2)17-6-5-16-9-15-13-7-11(3)12(4)8-14(13)16/h7-10H,5-6H2,1-4H3. The van der Waals surface area contributed by atoms with Gasteiger partial charge in [0.1, 0.15) is 0 Å². The molecule has 0 radical (unpaired) electrons. The largest absolute Gasteiger partial charge is 0.377 e. The zero-order valence-electron chi connectivity index (χ0n) is 11.0. The number of imidazole rings is 1. The molecule has 0 atom stereocenters. The summed E-state index contributed by atoms with van der Waals surface area (Å²) in [6, 6.07) is 4.34. The highest BCUT2D eigenvalue weighted by Gasteiger charge is 2.05. The van der Waals surface area contributed by atoms with Crippen molar-refractivity contribution in [1.82, 2.24) is 9.55 Å². The Bertz CT molecular complexity index is 514. The van der Waals surface area contributed by atoms with E-state index in [0.717, 1.165) is 18.7 Å². The van der Waals surface area contributed by atoms with E-state index in [9.17, 15) is 0 Å². The van der Waals surface area contributed by atoms with Gasteiger partial charge < -0.3 is 9.30 Å². The predicted octanol–water partition coefficient (Wildman–Crippen LogP) is 3.08. The van der Waals surface area contributed by atoms with E-state index in [1.165, 1.54) is 16.6 Å². The average molecular weight is 232 g/mol. The van der Waals surface area contributed by atoms with Gasteiger partial charge in [0, 0.05) is 6.54 Å². The summed E-state index contributed by atoms with van der Waals surface area (Å²) in [6.45, 7) is 9.96. The van der Waals surface area contributed by atoms with E-state index in [1.807, 2.05) is 6.33 Å². The average Bonchev–Trinajstić information content (AvgIpc) is 2.62. The monoisotopic (exact) mass is 232 g/mol. The molecule has 0 N–H and O–H groups in total. The molecule has 3 heteroatoms. The number of hydrogen-bond acceptors (Lipinski definition) is 2. The number of fused-ring (bicyclic) bond motifs is 1. The van der Waals surface area contributed by atoms with Crippen molar-refractivity contribution in [3.63, 3.8) is 0 Å². The molecule has 0 saturated heterocycles. The Morgan fingerprint density at radius 1 is 1.24 bits per heavy atom. The van der Waals surface area contributed by atoms with Crippen LogP contribution in [0.5, 0.6) is 0 Å². The zero-order valence-corrected chi connectivity index (χ0v) is 11.0. The van der Waals surface area contributed by atoms with E-state index >= 15 is 0 Å². The minimum Gasteiger partial charge on any atom is -0.377 e. The molecule has 1 aromatic carbocycles. The minimum atomic E-state index is 0.286. The van der Waals surface area contributed by atoms with E-state index in [-0.39, 0.29) is 6.10 Å². The Kier molecular flexibility index (Phi) is 3.48. The lowest BCUT2D eigenvalue weighted by Gasteiger charge is -2.09. The summed E-state index contributed by atoms with van der Waals surface area (Å²) < 4.78 is 7.73. The van der Waals surface area contributed by atoms with Crippen LogP contribution in [0.4, 0.5) is 0 Å². The molecule has 0 aliphatic heterocycles. The summed E-state index contributed by atoms with van der Waals surface area (Å²) >= 11 is 0. The molecule has 1 aromatic heterocycles. The van der Waals surface area contributed by atoms with Crippen molar-refractivity contribution in [2.75, 3.05) is 6.61 Å². The third-order valence-corrected chi connectivity index (χ3v) is 3.02. The summed E-state index contributed by atoms with van der Waals surface area (Å²) in [5.41, 5.74) is 4.86. The highest BCUT2D eigenvalue weighted by molar-refractivity contribution is 5.77. The molecule has 0 amide bonds. The second-order valence-electron chi connectivity index (χ2n) is 4.78. The molecule has 0 bridgehead atoms. The SMILES string of the molecule is Cc1cc2ncn(CCOC(C)C)c2cc1C. The maximum atomic E-state index is 5.57. The summed E-state index contributed by atoms with van der Waals surface area (Å²) in [5.74, 6) is 0. The molecule has 0 saturated carbocycles. The Morgan fingerprint density at radius 3 is 2.65 bits per heavy atom. The Balaban J connectivity index is 2.21. The van der Waals surface area contributed by atoms with Gasteiger partial charge in [-0.1, -0.05) is 0 Å². The predicted molar refractivity (Wildman–Crippen MR) is 70.3 cm³/mol. The fraction of sp³-hybridized carbons (Fsp3) is 0.500. The minimum absolute atomic E-state index is 0.286. The number of rotatable bonds is 4. The maximum absolute atomic E-state index is 5.57. The fourth-order valence-corrected chi connectivity index (χ4v) is 1.88. The number of ether oxygens (including phenoxy) is 1. The number of hydrogen-bond donors (Lipinski definition) is 0. The number of nitrogens with zero attached hydrogens (tertiary/aromatic N) is 2. The second-order valence-corrected chi connectivity index (χ2v) is 4.78. The van der Waals surface area contributed by atoms with E-state index in [4.69, 9.17) is 4.74 Å². The summed E-state index contributed by atoms with van der Waals surface area (Å²) in [6.07, 6.45) is 2.18. The Labute approximate surface area is 102 Å². The number of aryl methyl sites for hydroxylation is 2. The zero-order chi connectivity index (χ0) is 12.4. The van der Waals surface area contributed by atoms with Crippen LogP contribution in [0.15, 0.2) is 18.5 Å². The van der Waals surface area contributed by atoms with Gasteiger partial charge in [-0.2, -0.15) is 0 Å². The van der Waals surface area contributed by atoms with E-state index in [1.54, 1.807) is 0 Å². The molecule has 0 fully saturated rings. The van der Waals surface area contributed by atoms with Gasteiger partial charge in [-0.15, -0.1) is 0 Å². The van der Waals surface area contributed by atoms with Gasteiger partial charge in [-0.3, -0.25) is 0 Å².